The normalized spacial score (nSPS) is 31.5. The highest BCUT2D eigenvalue weighted by Gasteiger charge is 2.27. The molecule has 2 N–H and O–H groups in total. The molecule has 1 saturated carbocycles. The first-order valence-electron chi connectivity index (χ1n) is 5.25. The predicted molar refractivity (Wildman–Crippen MR) is 54.0 cm³/mol. The van der Waals surface area contributed by atoms with E-state index in [0.717, 1.165) is 5.92 Å². The van der Waals surface area contributed by atoms with Crippen molar-refractivity contribution in [2.24, 2.45) is 17.1 Å². The third-order valence-corrected chi connectivity index (χ3v) is 3.01. The number of hydrogen-bond acceptors (Lipinski definition) is 1. The molecule has 72 valence electrons. The summed E-state index contributed by atoms with van der Waals surface area (Å²) in [4.78, 5) is 0. The fraction of sp³-hybridized carbons (Fsp3) is 1.00. The van der Waals surface area contributed by atoms with Gasteiger partial charge in [0.1, 0.15) is 0 Å². The molecule has 0 aromatic rings. The minimum Gasteiger partial charge on any atom is -0.328 e. The van der Waals surface area contributed by atoms with E-state index in [9.17, 15) is 0 Å². The Kier molecular flexibility index (Phi) is 3.16. The minimum atomic E-state index is 0.392. The Morgan fingerprint density at radius 2 is 2.17 bits per heavy atom. The molecule has 1 aliphatic rings. The van der Waals surface area contributed by atoms with Crippen LogP contribution in [-0.4, -0.2) is 6.04 Å². The van der Waals surface area contributed by atoms with Gasteiger partial charge in [-0.1, -0.05) is 26.7 Å². The average molecular weight is 169 g/mol. The van der Waals surface area contributed by atoms with E-state index in [1.807, 2.05) is 0 Å². The third-order valence-electron chi connectivity index (χ3n) is 3.01. The largest absolute Gasteiger partial charge is 0.328 e. The molecular formula is C11H23N. The molecule has 0 aromatic heterocycles. The second-order valence-corrected chi connectivity index (χ2v) is 5.34. The Balaban J connectivity index is 2.36. The average Bonchev–Trinajstić information content (AvgIpc) is 1.82. The summed E-state index contributed by atoms with van der Waals surface area (Å²) >= 11 is 0. The molecule has 1 heteroatoms. The first-order chi connectivity index (χ1) is 5.49. The highest BCUT2D eigenvalue weighted by Crippen LogP contribution is 2.39. The number of hydrogen-bond donors (Lipinski definition) is 1. The molecule has 1 aliphatic carbocycles. The van der Waals surface area contributed by atoms with Gasteiger partial charge in [0, 0.05) is 6.04 Å². The Morgan fingerprint density at radius 1 is 1.50 bits per heavy atom. The van der Waals surface area contributed by atoms with Crippen molar-refractivity contribution >= 4 is 0 Å². The molecule has 0 aliphatic heterocycles. The SMILES string of the molecule is C[C@H](N)CC1CCCC(C)(C)C1. The summed E-state index contributed by atoms with van der Waals surface area (Å²) in [6.45, 7) is 6.91. The summed E-state index contributed by atoms with van der Waals surface area (Å²) in [6, 6.07) is 0.392. The van der Waals surface area contributed by atoms with Crippen molar-refractivity contribution in [2.45, 2.75) is 58.9 Å². The molecule has 2 atom stereocenters. The molecule has 0 saturated heterocycles. The van der Waals surface area contributed by atoms with Crippen LogP contribution in [0.2, 0.25) is 0 Å². The summed E-state index contributed by atoms with van der Waals surface area (Å²) in [5, 5.41) is 0. The van der Waals surface area contributed by atoms with Gasteiger partial charge in [-0.25, -0.2) is 0 Å². The van der Waals surface area contributed by atoms with E-state index in [4.69, 9.17) is 5.73 Å². The minimum absolute atomic E-state index is 0.392. The molecule has 1 unspecified atom stereocenters. The third kappa shape index (κ3) is 3.14. The highest BCUT2D eigenvalue weighted by molar-refractivity contribution is 4.80. The van der Waals surface area contributed by atoms with E-state index in [2.05, 4.69) is 20.8 Å². The van der Waals surface area contributed by atoms with Gasteiger partial charge in [-0.3, -0.25) is 0 Å². The van der Waals surface area contributed by atoms with Crippen LogP contribution in [0.5, 0.6) is 0 Å². The van der Waals surface area contributed by atoms with Crippen LogP contribution < -0.4 is 5.73 Å². The zero-order valence-corrected chi connectivity index (χ0v) is 8.77. The van der Waals surface area contributed by atoms with Crippen LogP contribution in [-0.2, 0) is 0 Å². The van der Waals surface area contributed by atoms with E-state index in [0.29, 0.717) is 11.5 Å². The highest BCUT2D eigenvalue weighted by atomic mass is 14.6. The summed E-state index contributed by atoms with van der Waals surface area (Å²) in [7, 11) is 0. The van der Waals surface area contributed by atoms with Crippen LogP contribution >= 0.6 is 0 Å². The van der Waals surface area contributed by atoms with Crippen molar-refractivity contribution in [2.75, 3.05) is 0 Å². The summed E-state index contributed by atoms with van der Waals surface area (Å²) in [5.41, 5.74) is 6.39. The summed E-state index contributed by atoms with van der Waals surface area (Å²) < 4.78 is 0. The second kappa shape index (κ2) is 3.78. The van der Waals surface area contributed by atoms with Gasteiger partial charge < -0.3 is 5.73 Å². The lowest BCUT2D eigenvalue weighted by Gasteiger charge is -2.35. The van der Waals surface area contributed by atoms with Crippen LogP contribution in [0.1, 0.15) is 52.9 Å². The maximum absolute atomic E-state index is 5.81. The van der Waals surface area contributed by atoms with Gasteiger partial charge in [0.2, 0.25) is 0 Å². The predicted octanol–water partition coefficient (Wildman–Crippen LogP) is 2.94. The van der Waals surface area contributed by atoms with Gasteiger partial charge in [0.05, 0.1) is 0 Å². The Morgan fingerprint density at radius 3 is 2.67 bits per heavy atom. The van der Waals surface area contributed by atoms with Gasteiger partial charge in [-0.15, -0.1) is 0 Å². The molecule has 0 spiro atoms. The Hall–Kier alpha value is -0.0400. The Bertz CT molecular complexity index is 138. The molecule has 1 fully saturated rings. The van der Waals surface area contributed by atoms with E-state index in [1.165, 1.54) is 32.1 Å². The maximum atomic E-state index is 5.81. The first-order valence-corrected chi connectivity index (χ1v) is 5.25. The number of rotatable bonds is 2. The van der Waals surface area contributed by atoms with Crippen molar-refractivity contribution in [3.05, 3.63) is 0 Å². The topological polar surface area (TPSA) is 26.0 Å². The van der Waals surface area contributed by atoms with Crippen LogP contribution in [0.3, 0.4) is 0 Å². The van der Waals surface area contributed by atoms with Crippen LogP contribution in [0, 0.1) is 11.3 Å². The van der Waals surface area contributed by atoms with Crippen LogP contribution in [0.25, 0.3) is 0 Å². The zero-order valence-electron chi connectivity index (χ0n) is 8.77. The quantitative estimate of drug-likeness (QED) is 0.675. The summed E-state index contributed by atoms with van der Waals surface area (Å²) in [6.07, 6.45) is 6.83. The summed E-state index contributed by atoms with van der Waals surface area (Å²) in [5.74, 6) is 0.897. The molecule has 12 heavy (non-hydrogen) atoms. The molecule has 0 radical (unpaired) electrons. The lowest BCUT2D eigenvalue weighted by atomic mass is 9.71. The van der Waals surface area contributed by atoms with Gasteiger partial charge in [-0.2, -0.15) is 0 Å². The van der Waals surface area contributed by atoms with Gasteiger partial charge in [0.25, 0.3) is 0 Å². The lowest BCUT2D eigenvalue weighted by Crippen LogP contribution is -2.27. The van der Waals surface area contributed by atoms with Gasteiger partial charge in [0.15, 0.2) is 0 Å². The van der Waals surface area contributed by atoms with E-state index < -0.39 is 0 Å². The standard InChI is InChI=1S/C11H23N/c1-9(12)7-10-5-4-6-11(2,3)8-10/h9-10H,4-8,12H2,1-3H3/t9-,10?/m0/s1. The lowest BCUT2D eigenvalue weighted by molar-refractivity contribution is 0.169. The van der Waals surface area contributed by atoms with Gasteiger partial charge in [-0.05, 0) is 37.5 Å². The molecule has 0 heterocycles. The van der Waals surface area contributed by atoms with Crippen molar-refractivity contribution < 1.29 is 0 Å². The Labute approximate surface area is 76.7 Å². The molecular weight excluding hydrogens is 146 g/mol. The molecule has 0 aromatic carbocycles. The van der Waals surface area contributed by atoms with Crippen molar-refractivity contribution in [3.63, 3.8) is 0 Å². The first kappa shape index (κ1) is 10.0. The molecule has 0 amide bonds. The fourth-order valence-corrected chi connectivity index (χ4v) is 2.58. The fourth-order valence-electron chi connectivity index (χ4n) is 2.58. The van der Waals surface area contributed by atoms with E-state index in [1.54, 1.807) is 0 Å². The van der Waals surface area contributed by atoms with E-state index >= 15 is 0 Å². The smallest absolute Gasteiger partial charge is 0.00131 e. The van der Waals surface area contributed by atoms with Crippen LogP contribution in [0.4, 0.5) is 0 Å². The van der Waals surface area contributed by atoms with Crippen LogP contribution in [0.15, 0.2) is 0 Å². The maximum Gasteiger partial charge on any atom is 0.00131 e. The number of nitrogens with two attached hydrogens (primary N) is 1. The second-order valence-electron chi connectivity index (χ2n) is 5.34. The molecule has 1 nitrogen and oxygen atoms in total. The molecule has 0 bridgehead atoms. The zero-order chi connectivity index (χ0) is 9.19. The van der Waals surface area contributed by atoms with Gasteiger partial charge >= 0.3 is 0 Å². The monoisotopic (exact) mass is 169 g/mol. The van der Waals surface area contributed by atoms with E-state index in [-0.39, 0.29) is 0 Å². The van der Waals surface area contributed by atoms with Crippen molar-refractivity contribution in [3.8, 4) is 0 Å². The molecule has 1 rings (SSSR count). The van der Waals surface area contributed by atoms with Crippen molar-refractivity contribution in [1.29, 1.82) is 0 Å². The van der Waals surface area contributed by atoms with Crippen molar-refractivity contribution in [1.82, 2.24) is 0 Å².